The number of hydrazone groups is 1. The summed E-state index contributed by atoms with van der Waals surface area (Å²) >= 11 is 5.18. The summed E-state index contributed by atoms with van der Waals surface area (Å²) in [6.07, 6.45) is 1.69. The van der Waals surface area contributed by atoms with Crippen molar-refractivity contribution < 1.29 is 9.53 Å². The van der Waals surface area contributed by atoms with Crippen molar-refractivity contribution in [2.75, 3.05) is 31.4 Å². The molecule has 2 N–H and O–H groups in total. The summed E-state index contributed by atoms with van der Waals surface area (Å²) in [7, 11) is 5.33. The van der Waals surface area contributed by atoms with Gasteiger partial charge in [0.15, 0.2) is 5.11 Å². The molecule has 2 rings (SSSR count). The molecule has 0 aliphatic heterocycles. The van der Waals surface area contributed by atoms with E-state index < -0.39 is 0 Å². The van der Waals surface area contributed by atoms with Crippen molar-refractivity contribution in [3.8, 4) is 0 Å². The second-order valence-corrected chi connectivity index (χ2v) is 5.79. The number of carbonyl (C=O) groups excluding carboxylic acids is 1. The van der Waals surface area contributed by atoms with Gasteiger partial charge in [0, 0.05) is 25.5 Å². The number of hydrogen-bond donors (Lipinski definition) is 2. The van der Waals surface area contributed by atoms with E-state index in [1.165, 1.54) is 7.11 Å². The molecule has 0 unspecified atom stereocenters. The van der Waals surface area contributed by atoms with Crippen LogP contribution in [0.2, 0.25) is 0 Å². The molecule has 0 aliphatic carbocycles. The number of ether oxygens (including phenoxy) is 1. The number of nitrogens with one attached hydrogen (secondary N) is 2. The molecule has 0 saturated carbocycles. The molecule has 0 aliphatic rings. The molecule has 130 valence electrons. The van der Waals surface area contributed by atoms with Gasteiger partial charge in [-0.1, -0.05) is 12.1 Å². The van der Waals surface area contributed by atoms with Crippen LogP contribution in [-0.2, 0) is 4.74 Å². The third-order valence-electron chi connectivity index (χ3n) is 3.35. The predicted octanol–water partition coefficient (Wildman–Crippen LogP) is 2.86. The monoisotopic (exact) mass is 356 g/mol. The van der Waals surface area contributed by atoms with E-state index in [9.17, 15) is 4.79 Å². The lowest BCUT2D eigenvalue weighted by molar-refractivity contribution is 0.0601. The third kappa shape index (κ3) is 5.58. The van der Waals surface area contributed by atoms with E-state index in [-0.39, 0.29) is 5.97 Å². The van der Waals surface area contributed by atoms with Gasteiger partial charge in [-0.2, -0.15) is 5.10 Å². The summed E-state index contributed by atoms with van der Waals surface area (Å²) in [6, 6.07) is 14.8. The lowest BCUT2D eigenvalue weighted by Gasteiger charge is -2.11. The van der Waals surface area contributed by atoms with Crippen LogP contribution in [0.3, 0.4) is 0 Å². The molecule has 0 aromatic heterocycles. The second kappa shape index (κ2) is 8.79. The van der Waals surface area contributed by atoms with Gasteiger partial charge in [0.1, 0.15) is 0 Å². The zero-order valence-corrected chi connectivity index (χ0v) is 15.1. The first-order valence-electron chi connectivity index (χ1n) is 7.55. The van der Waals surface area contributed by atoms with Crippen molar-refractivity contribution in [3.63, 3.8) is 0 Å². The maximum atomic E-state index is 11.4. The smallest absolute Gasteiger partial charge is 0.337 e. The average Bonchev–Trinajstić information content (AvgIpc) is 2.62. The van der Waals surface area contributed by atoms with Gasteiger partial charge in [-0.25, -0.2) is 4.79 Å². The normalized spacial score (nSPS) is 10.4. The molecule has 0 radical (unpaired) electrons. The fourth-order valence-electron chi connectivity index (χ4n) is 1.99. The summed E-state index contributed by atoms with van der Waals surface area (Å²) in [5, 5.41) is 7.44. The van der Waals surface area contributed by atoms with Gasteiger partial charge in [0.05, 0.1) is 18.9 Å². The van der Waals surface area contributed by atoms with Crippen molar-refractivity contribution in [1.29, 1.82) is 0 Å². The Hall–Kier alpha value is -2.93. The topological polar surface area (TPSA) is 66.0 Å². The van der Waals surface area contributed by atoms with Gasteiger partial charge in [-0.3, -0.25) is 5.43 Å². The molecule has 0 fully saturated rings. The number of nitrogens with zero attached hydrogens (tertiary/aromatic N) is 2. The SMILES string of the molecule is COC(=O)c1ccc(NC(=S)N/N=C/c2ccc(N(C)C)cc2)cc1. The van der Waals surface area contributed by atoms with Crippen LogP contribution < -0.4 is 15.6 Å². The molecule has 0 saturated heterocycles. The Labute approximate surface area is 152 Å². The quantitative estimate of drug-likeness (QED) is 0.372. The van der Waals surface area contributed by atoms with Gasteiger partial charge >= 0.3 is 5.97 Å². The average molecular weight is 356 g/mol. The Balaban J connectivity index is 1.86. The predicted molar refractivity (Wildman–Crippen MR) is 106 cm³/mol. The van der Waals surface area contributed by atoms with Crippen LogP contribution in [0.4, 0.5) is 11.4 Å². The Morgan fingerprint density at radius 1 is 1.12 bits per heavy atom. The Bertz CT molecular complexity index is 756. The van der Waals surface area contributed by atoms with Crippen LogP contribution in [0.25, 0.3) is 0 Å². The van der Waals surface area contributed by atoms with Crippen LogP contribution in [-0.4, -0.2) is 38.5 Å². The summed E-state index contributed by atoms with van der Waals surface area (Å²) in [4.78, 5) is 13.4. The number of esters is 1. The summed E-state index contributed by atoms with van der Waals surface area (Å²) in [5.41, 5.74) is 6.06. The minimum atomic E-state index is -0.378. The molecule has 2 aromatic rings. The Morgan fingerprint density at radius 3 is 2.32 bits per heavy atom. The lowest BCUT2D eigenvalue weighted by Crippen LogP contribution is -2.23. The molecule has 0 amide bonds. The van der Waals surface area contributed by atoms with Crippen molar-refractivity contribution in [3.05, 3.63) is 59.7 Å². The van der Waals surface area contributed by atoms with E-state index in [0.717, 1.165) is 16.9 Å². The zero-order chi connectivity index (χ0) is 18.2. The molecule has 6 nitrogen and oxygen atoms in total. The number of thiocarbonyl (C=S) groups is 1. The second-order valence-electron chi connectivity index (χ2n) is 5.38. The van der Waals surface area contributed by atoms with Crippen LogP contribution in [0.1, 0.15) is 15.9 Å². The molecule has 25 heavy (non-hydrogen) atoms. The fourth-order valence-corrected chi connectivity index (χ4v) is 2.16. The standard InChI is InChI=1S/C18H20N4O2S/c1-22(2)16-10-4-13(5-11-16)12-19-21-18(25)20-15-8-6-14(7-9-15)17(23)24-3/h4-12H,1-3H3,(H2,20,21,25)/b19-12+. The fraction of sp³-hybridized carbons (Fsp3) is 0.167. The number of carbonyl (C=O) groups is 1. The van der Waals surface area contributed by atoms with E-state index in [1.54, 1.807) is 30.5 Å². The first kappa shape index (κ1) is 18.4. The molecular formula is C18H20N4O2S. The minimum absolute atomic E-state index is 0.354. The van der Waals surface area contributed by atoms with Crippen LogP contribution >= 0.6 is 12.2 Å². The van der Waals surface area contributed by atoms with E-state index in [1.807, 2.05) is 43.3 Å². The summed E-state index contributed by atoms with van der Waals surface area (Å²) < 4.78 is 4.65. The lowest BCUT2D eigenvalue weighted by atomic mass is 10.2. The molecular weight excluding hydrogens is 336 g/mol. The van der Waals surface area contributed by atoms with Crippen molar-refractivity contribution in [1.82, 2.24) is 5.43 Å². The molecule has 0 heterocycles. The number of benzene rings is 2. The van der Waals surface area contributed by atoms with Crippen LogP contribution in [0.15, 0.2) is 53.6 Å². The van der Waals surface area contributed by atoms with E-state index in [0.29, 0.717) is 10.7 Å². The van der Waals surface area contributed by atoms with Crippen molar-refractivity contribution in [2.24, 2.45) is 5.10 Å². The van der Waals surface area contributed by atoms with E-state index >= 15 is 0 Å². The Morgan fingerprint density at radius 2 is 1.76 bits per heavy atom. The van der Waals surface area contributed by atoms with Gasteiger partial charge in [0.25, 0.3) is 0 Å². The number of hydrogen-bond acceptors (Lipinski definition) is 5. The van der Waals surface area contributed by atoms with Gasteiger partial charge in [-0.15, -0.1) is 0 Å². The van der Waals surface area contributed by atoms with E-state index in [4.69, 9.17) is 12.2 Å². The molecule has 7 heteroatoms. The highest BCUT2D eigenvalue weighted by Crippen LogP contribution is 2.11. The Kier molecular flexibility index (Phi) is 6.47. The van der Waals surface area contributed by atoms with Crippen molar-refractivity contribution >= 4 is 40.9 Å². The molecule has 0 spiro atoms. The molecule has 0 bridgehead atoms. The highest BCUT2D eigenvalue weighted by Gasteiger charge is 2.04. The minimum Gasteiger partial charge on any atom is -0.465 e. The number of rotatable bonds is 5. The maximum absolute atomic E-state index is 11.4. The first-order chi connectivity index (χ1) is 12.0. The van der Waals surface area contributed by atoms with Crippen LogP contribution in [0.5, 0.6) is 0 Å². The van der Waals surface area contributed by atoms with Crippen LogP contribution in [0, 0.1) is 0 Å². The van der Waals surface area contributed by atoms with Gasteiger partial charge in [0.2, 0.25) is 0 Å². The highest BCUT2D eigenvalue weighted by molar-refractivity contribution is 7.80. The number of methoxy groups -OCH3 is 1. The third-order valence-corrected chi connectivity index (χ3v) is 3.55. The largest absolute Gasteiger partial charge is 0.465 e. The first-order valence-corrected chi connectivity index (χ1v) is 7.96. The maximum Gasteiger partial charge on any atom is 0.337 e. The number of anilines is 2. The van der Waals surface area contributed by atoms with Gasteiger partial charge < -0.3 is 15.0 Å². The summed E-state index contributed by atoms with van der Waals surface area (Å²) in [6.45, 7) is 0. The van der Waals surface area contributed by atoms with Crippen molar-refractivity contribution in [2.45, 2.75) is 0 Å². The summed E-state index contributed by atoms with van der Waals surface area (Å²) in [5.74, 6) is -0.378. The molecule has 2 aromatic carbocycles. The zero-order valence-electron chi connectivity index (χ0n) is 14.3. The highest BCUT2D eigenvalue weighted by atomic mass is 32.1. The van der Waals surface area contributed by atoms with Gasteiger partial charge in [-0.05, 0) is 54.2 Å². The van der Waals surface area contributed by atoms with E-state index in [2.05, 4.69) is 20.6 Å². The molecule has 0 atom stereocenters.